The Morgan fingerprint density at radius 3 is 2.20 bits per heavy atom. The third-order valence-electron chi connectivity index (χ3n) is 0.988. The summed E-state index contributed by atoms with van der Waals surface area (Å²) >= 11 is 9.49. The van der Waals surface area contributed by atoms with Crippen LogP contribution in [-0.2, 0) is 0 Å². The second-order valence-electron chi connectivity index (χ2n) is 1.66. The van der Waals surface area contributed by atoms with E-state index < -0.39 is 0 Å². The van der Waals surface area contributed by atoms with E-state index >= 15 is 0 Å². The number of hydrogen-bond donors (Lipinski definition) is 0. The maximum absolute atomic E-state index is 12.8. The summed E-state index contributed by atoms with van der Waals surface area (Å²) in [6.45, 7) is 0. The molecule has 4 heteroatoms. The first-order valence-corrected chi connectivity index (χ1v) is 4.95. The fourth-order valence-corrected chi connectivity index (χ4v) is 1.69. The van der Waals surface area contributed by atoms with Gasteiger partial charge in [0.1, 0.15) is 0 Å². The minimum absolute atomic E-state index is 0.215. The highest BCUT2D eigenvalue weighted by Crippen LogP contribution is 2.24. The molecule has 54 valence electrons. The number of rotatable bonds is 0. The van der Waals surface area contributed by atoms with E-state index in [1.807, 2.05) is 45.2 Å². The Hall–Kier alpha value is 0.900. The lowest BCUT2D eigenvalue weighted by Crippen LogP contribution is -1.85. The molecule has 0 nitrogen and oxygen atoms in total. The average Bonchev–Trinajstić information content (AvgIpc) is 1.93. The van der Waals surface area contributed by atoms with E-state index in [1.54, 1.807) is 12.1 Å². The van der Waals surface area contributed by atoms with E-state index in [0.717, 1.165) is 3.57 Å². The molecule has 0 aliphatic carbocycles. The first-order chi connectivity index (χ1) is 4.63. The van der Waals surface area contributed by atoms with Crippen molar-refractivity contribution in [1.82, 2.24) is 0 Å². The topological polar surface area (TPSA) is 0 Å². The quantitative estimate of drug-likeness (QED) is 0.365. The Morgan fingerprint density at radius 2 is 1.70 bits per heavy atom. The van der Waals surface area contributed by atoms with Gasteiger partial charge in [-0.25, -0.2) is 4.39 Å². The van der Waals surface area contributed by atoms with Gasteiger partial charge in [-0.1, -0.05) is 11.6 Å². The van der Waals surface area contributed by atoms with Crippen LogP contribution in [0.15, 0.2) is 12.1 Å². The fraction of sp³-hybridized carbons (Fsp3) is 0. The van der Waals surface area contributed by atoms with Crippen LogP contribution in [0.2, 0.25) is 5.02 Å². The molecular formula is C6H2ClFI2. The molecular weight excluding hydrogens is 380 g/mol. The van der Waals surface area contributed by atoms with E-state index in [1.165, 1.54) is 0 Å². The van der Waals surface area contributed by atoms with Gasteiger partial charge in [-0.3, -0.25) is 0 Å². The number of benzene rings is 1. The molecule has 0 radical (unpaired) electrons. The molecule has 0 bridgehead atoms. The van der Waals surface area contributed by atoms with Gasteiger partial charge < -0.3 is 0 Å². The SMILES string of the molecule is Fc1c(I)ccc(I)c1Cl. The standard InChI is InChI=1S/C6H2ClFI2/c7-5-3(9)1-2-4(10)6(5)8/h1-2H. The molecule has 0 unspecified atom stereocenters. The summed E-state index contributed by atoms with van der Waals surface area (Å²) in [6, 6.07) is 3.48. The molecule has 0 aromatic heterocycles. The largest absolute Gasteiger partial charge is 0.204 e. The van der Waals surface area contributed by atoms with Gasteiger partial charge in [0.05, 0.1) is 8.59 Å². The molecule has 0 fully saturated rings. The second-order valence-corrected chi connectivity index (χ2v) is 4.36. The molecule has 0 spiro atoms. The first kappa shape index (κ1) is 8.99. The third kappa shape index (κ3) is 1.73. The lowest BCUT2D eigenvalue weighted by atomic mass is 10.3. The minimum Gasteiger partial charge on any atom is -0.204 e. The van der Waals surface area contributed by atoms with Crippen LogP contribution in [0.4, 0.5) is 4.39 Å². The van der Waals surface area contributed by atoms with Gasteiger partial charge in [0.15, 0.2) is 5.82 Å². The van der Waals surface area contributed by atoms with E-state index in [9.17, 15) is 4.39 Å². The van der Waals surface area contributed by atoms with E-state index in [4.69, 9.17) is 11.6 Å². The smallest absolute Gasteiger partial charge is 0.156 e. The molecule has 10 heavy (non-hydrogen) atoms. The van der Waals surface area contributed by atoms with E-state index in [0.29, 0.717) is 3.57 Å². The highest BCUT2D eigenvalue weighted by atomic mass is 127. The van der Waals surface area contributed by atoms with Crippen molar-refractivity contribution in [2.75, 3.05) is 0 Å². The number of hydrogen-bond acceptors (Lipinski definition) is 0. The lowest BCUT2D eigenvalue weighted by Gasteiger charge is -1.98. The van der Waals surface area contributed by atoms with Gasteiger partial charge in [-0.05, 0) is 57.3 Å². The molecule has 0 aliphatic heterocycles. The average molecular weight is 382 g/mol. The van der Waals surface area contributed by atoms with Crippen LogP contribution >= 0.6 is 56.8 Å². The normalized spacial score (nSPS) is 10.0. The lowest BCUT2D eigenvalue weighted by molar-refractivity contribution is 0.620. The Labute approximate surface area is 90.4 Å². The van der Waals surface area contributed by atoms with Crippen molar-refractivity contribution in [3.05, 3.63) is 30.1 Å². The van der Waals surface area contributed by atoms with Crippen molar-refractivity contribution in [1.29, 1.82) is 0 Å². The zero-order valence-electron chi connectivity index (χ0n) is 4.67. The van der Waals surface area contributed by atoms with Crippen molar-refractivity contribution < 1.29 is 4.39 Å². The Bertz CT molecular complexity index is 235. The third-order valence-corrected chi connectivity index (χ3v) is 3.41. The van der Waals surface area contributed by atoms with Crippen LogP contribution < -0.4 is 0 Å². The highest BCUT2D eigenvalue weighted by molar-refractivity contribution is 14.1. The Balaban J connectivity index is 3.34. The Morgan fingerprint density at radius 1 is 1.20 bits per heavy atom. The molecule has 0 saturated heterocycles. The first-order valence-electron chi connectivity index (χ1n) is 2.42. The van der Waals surface area contributed by atoms with Gasteiger partial charge in [0, 0.05) is 3.57 Å². The van der Waals surface area contributed by atoms with Gasteiger partial charge in [0.2, 0.25) is 0 Å². The van der Waals surface area contributed by atoms with E-state index in [2.05, 4.69) is 0 Å². The molecule has 1 aromatic carbocycles. The predicted octanol–water partition coefficient (Wildman–Crippen LogP) is 3.69. The molecule has 1 aromatic rings. The zero-order valence-corrected chi connectivity index (χ0v) is 9.74. The summed E-state index contributed by atoms with van der Waals surface area (Å²) < 4.78 is 14.2. The fourth-order valence-electron chi connectivity index (χ4n) is 0.502. The van der Waals surface area contributed by atoms with Crippen molar-refractivity contribution in [2.45, 2.75) is 0 Å². The molecule has 0 aliphatic rings. The molecule has 0 N–H and O–H groups in total. The predicted molar refractivity (Wildman–Crippen MR) is 56.8 cm³/mol. The molecule has 0 saturated carbocycles. The number of halogens is 4. The molecule has 0 amide bonds. The van der Waals surface area contributed by atoms with E-state index in [-0.39, 0.29) is 10.8 Å². The maximum atomic E-state index is 12.8. The molecule has 0 atom stereocenters. The summed E-state index contributed by atoms with van der Waals surface area (Å²) in [5, 5.41) is 0.215. The van der Waals surface area contributed by atoms with Crippen LogP contribution in [-0.4, -0.2) is 0 Å². The maximum Gasteiger partial charge on any atom is 0.156 e. The van der Waals surface area contributed by atoms with Gasteiger partial charge >= 0.3 is 0 Å². The van der Waals surface area contributed by atoms with Crippen LogP contribution in [0, 0.1) is 13.0 Å². The van der Waals surface area contributed by atoms with Crippen LogP contribution in [0.3, 0.4) is 0 Å². The monoisotopic (exact) mass is 382 g/mol. The van der Waals surface area contributed by atoms with Gasteiger partial charge in [-0.15, -0.1) is 0 Å². The summed E-state index contributed by atoms with van der Waals surface area (Å²) in [6.07, 6.45) is 0. The molecule has 1 rings (SSSR count). The van der Waals surface area contributed by atoms with Gasteiger partial charge in [0.25, 0.3) is 0 Å². The summed E-state index contributed by atoms with van der Waals surface area (Å²) in [4.78, 5) is 0. The zero-order chi connectivity index (χ0) is 7.72. The van der Waals surface area contributed by atoms with Crippen LogP contribution in [0.1, 0.15) is 0 Å². The van der Waals surface area contributed by atoms with Crippen molar-refractivity contribution in [2.24, 2.45) is 0 Å². The summed E-state index contributed by atoms with van der Waals surface area (Å²) in [7, 11) is 0. The van der Waals surface area contributed by atoms with Crippen LogP contribution in [0.25, 0.3) is 0 Å². The van der Waals surface area contributed by atoms with Crippen molar-refractivity contribution in [3.8, 4) is 0 Å². The summed E-state index contributed by atoms with van der Waals surface area (Å²) in [5.41, 5.74) is 0. The van der Waals surface area contributed by atoms with Gasteiger partial charge in [-0.2, -0.15) is 0 Å². The van der Waals surface area contributed by atoms with Crippen molar-refractivity contribution >= 4 is 56.8 Å². The van der Waals surface area contributed by atoms with Crippen LogP contribution in [0.5, 0.6) is 0 Å². The second kappa shape index (κ2) is 3.53. The highest BCUT2D eigenvalue weighted by Gasteiger charge is 2.06. The minimum atomic E-state index is -0.325. The summed E-state index contributed by atoms with van der Waals surface area (Å²) in [5.74, 6) is -0.325. The molecule has 0 heterocycles. The Kier molecular flexibility index (Phi) is 3.18. The van der Waals surface area contributed by atoms with Crippen molar-refractivity contribution in [3.63, 3.8) is 0 Å².